The lowest BCUT2D eigenvalue weighted by atomic mass is 10.1. The summed E-state index contributed by atoms with van der Waals surface area (Å²) in [4.78, 5) is 17.8. The van der Waals surface area contributed by atoms with Gasteiger partial charge in [0.05, 0.1) is 48.6 Å². The molecular weight excluding hydrogens is 406 g/mol. The third kappa shape index (κ3) is 4.18. The predicted octanol–water partition coefficient (Wildman–Crippen LogP) is 4.19. The molecule has 0 aliphatic carbocycles. The highest BCUT2D eigenvalue weighted by molar-refractivity contribution is 5.93. The molecule has 9 heteroatoms. The zero-order chi connectivity index (χ0) is 22.7. The van der Waals surface area contributed by atoms with Gasteiger partial charge in [0.1, 0.15) is 17.4 Å². The molecule has 4 aromatic rings. The molecule has 0 spiro atoms. The number of hydrogen-bond acceptors (Lipinski definition) is 8. The lowest BCUT2D eigenvalue weighted by Crippen LogP contribution is -2.08. The molecule has 0 fully saturated rings. The van der Waals surface area contributed by atoms with E-state index in [1.54, 1.807) is 13.3 Å². The molecule has 0 unspecified atom stereocenters. The molecule has 4 rings (SSSR count). The van der Waals surface area contributed by atoms with Gasteiger partial charge in [-0.1, -0.05) is 0 Å². The van der Waals surface area contributed by atoms with E-state index in [1.165, 1.54) is 6.33 Å². The summed E-state index contributed by atoms with van der Waals surface area (Å²) in [5.74, 6) is 1.08. The first kappa shape index (κ1) is 21.5. The van der Waals surface area contributed by atoms with Gasteiger partial charge in [-0.3, -0.25) is 4.68 Å². The Bertz CT molecular complexity index is 1240. The van der Waals surface area contributed by atoms with Crippen molar-refractivity contribution < 1.29 is 9.47 Å². The number of nitrogens with one attached hydrogen (secondary N) is 1. The first-order chi connectivity index (χ1) is 15.5. The molecule has 9 nitrogen and oxygen atoms in total. The molecule has 4 aromatic heterocycles. The van der Waals surface area contributed by atoms with E-state index in [9.17, 15) is 0 Å². The summed E-state index contributed by atoms with van der Waals surface area (Å²) in [6.45, 7) is 9.14. The summed E-state index contributed by atoms with van der Waals surface area (Å²) in [6, 6.07) is 7.85. The van der Waals surface area contributed by atoms with E-state index >= 15 is 0 Å². The van der Waals surface area contributed by atoms with E-state index < -0.39 is 0 Å². The van der Waals surface area contributed by atoms with Crippen LogP contribution in [0.2, 0.25) is 0 Å². The smallest absolute Gasteiger partial charge is 0.222 e. The van der Waals surface area contributed by atoms with Gasteiger partial charge in [-0.05, 0) is 45.9 Å². The van der Waals surface area contributed by atoms with Gasteiger partial charge in [0, 0.05) is 18.3 Å². The van der Waals surface area contributed by atoms with Crippen LogP contribution in [0, 0.1) is 6.92 Å². The van der Waals surface area contributed by atoms with Crippen molar-refractivity contribution in [2.45, 2.75) is 40.3 Å². The number of ether oxygens (including phenoxy) is 2. The highest BCUT2D eigenvalue weighted by Gasteiger charge is 2.19. The van der Waals surface area contributed by atoms with E-state index in [4.69, 9.17) is 19.6 Å². The van der Waals surface area contributed by atoms with Crippen molar-refractivity contribution in [1.82, 2.24) is 29.7 Å². The highest BCUT2D eigenvalue weighted by atomic mass is 16.5. The number of methoxy groups -OCH3 is 1. The molecule has 0 bridgehead atoms. The van der Waals surface area contributed by atoms with Crippen LogP contribution in [0.25, 0.3) is 22.3 Å². The molecule has 0 saturated carbocycles. The van der Waals surface area contributed by atoms with Crippen LogP contribution in [0.1, 0.15) is 38.2 Å². The Morgan fingerprint density at radius 1 is 1.16 bits per heavy atom. The standard InChI is InChI=1S/C23H27N7O2/c1-6-32-23-17(8-7-9-24-23)18-11-19(25-12-16-10-20(31-5)27-13-26-16)22-21(28-18)15(4)29-30(22)14(2)3/h7-11,13-14H,6,12H2,1-5H3,(H,25,28). The van der Waals surface area contributed by atoms with Crippen LogP contribution >= 0.6 is 0 Å². The average Bonchev–Trinajstić information content (AvgIpc) is 3.15. The lowest BCUT2D eigenvalue weighted by molar-refractivity contribution is 0.328. The molecular formula is C23H27N7O2. The van der Waals surface area contributed by atoms with E-state index in [-0.39, 0.29) is 6.04 Å². The molecule has 1 N–H and O–H groups in total. The normalized spacial score (nSPS) is 11.2. The fourth-order valence-corrected chi connectivity index (χ4v) is 3.54. The largest absolute Gasteiger partial charge is 0.481 e. The monoisotopic (exact) mass is 433 g/mol. The quantitative estimate of drug-likeness (QED) is 0.441. The van der Waals surface area contributed by atoms with Crippen LogP contribution in [0.4, 0.5) is 5.69 Å². The summed E-state index contributed by atoms with van der Waals surface area (Å²) in [5.41, 5.74) is 5.97. The Balaban J connectivity index is 1.83. The topological polar surface area (TPSA) is 99.9 Å². The second-order valence-electron chi connectivity index (χ2n) is 7.57. The first-order valence-electron chi connectivity index (χ1n) is 10.6. The van der Waals surface area contributed by atoms with E-state index in [0.29, 0.717) is 24.9 Å². The second kappa shape index (κ2) is 9.17. The van der Waals surface area contributed by atoms with Crippen molar-refractivity contribution >= 4 is 16.7 Å². The molecule has 4 heterocycles. The van der Waals surface area contributed by atoms with E-state index in [0.717, 1.165) is 39.4 Å². The number of aromatic nitrogens is 6. The number of aryl methyl sites for hydroxylation is 1. The van der Waals surface area contributed by atoms with Gasteiger partial charge in [-0.2, -0.15) is 5.10 Å². The molecule has 0 aliphatic heterocycles. The maximum absolute atomic E-state index is 5.75. The SMILES string of the molecule is CCOc1ncccc1-c1cc(NCc2cc(OC)ncn2)c2c(n1)c(C)nn2C(C)C. The van der Waals surface area contributed by atoms with Gasteiger partial charge in [0.2, 0.25) is 11.8 Å². The van der Waals surface area contributed by atoms with Gasteiger partial charge in [0.25, 0.3) is 0 Å². The molecule has 0 aliphatic rings. The highest BCUT2D eigenvalue weighted by Crippen LogP contribution is 2.34. The average molecular weight is 434 g/mol. The van der Waals surface area contributed by atoms with Gasteiger partial charge >= 0.3 is 0 Å². The Morgan fingerprint density at radius 2 is 2.00 bits per heavy atom. The van der Waals surface area contributed by atoms with Crippen LogP contribution in [0.3, 0.4) is 0 Å². The third-order valence-corrected chi connectivity index (χ3v) is 5.01. The minimum absolute atomic E-state index is 0.177. The number of rotatable bonds is 8. The van der Waals surface area contributed by atoms with E-state index in [1.807, 2.05) is 42.8 Å². The van der Waals surface area contributed by atoms with Crippen molar-refractivity contribution in [3.63, 3.8) is 0 Å². The summed E-state index contributed by atoms with van der Waals surface area (Å²) in [5, 5.41) is 8.27. The third-order valence-electron chi connectivity index (χ3n) is 5.01. The molecule has 0 saturated heterocycles. The van der Waals surface area contributed by atoms with Crippen LogP contribution < -0.4 is 14.8 Å². The van der Waals surface area contributed by atoms with Crippen LogP contribution in [0.15, 0.2) is 36.8 Å². The molecule has 166 valence electrons. The summed E-state index contributed by atoms with van der Waals surface area (Å²) in [6.07, 6.45) is 3.21. The Hall–Kier alpha value is -3.75. The van der Waals surface area contributed by atoms with Crippen molar-refractivity contribution in [3.8, 4) is 23.0 Å². The fraction of sp³-hybridized carbons (Fsp3) is 0.348. The molecule has 0 atom stereocenters. The molecule has 32 heavy (non-hydrogen) atoms. The summed E-state index contributed by atoms with van der Waals surface area (Å²) >= 11 is 0. The van der Waals surface area contributed by atoms with Crippen LogP contribution in [-0.2, 0) is 6.54 Å². The Kier molecular flexibility index (Phi) is 6.16. The Morgan fingerprint density at radius 3 is 2.75 bits per heavy atom. The summed E-state index contributed by atoms with van der Waals surface area (Å²) < 4.78 is 13.0. The van der Waals surface area contributed by atoms with Crippen molar-refractivity contribution in [2.75, 3.05) is 19.0 Å². The Labute approximate surface area is 186 Å². The van der Waals surface area contributed by atoms with E-state index in [2.05, 4.69) is 34.1 Å². The number of pyridine rings is 2. The number of fused-ring (bicyclic) bond motifs is 1. The zero-order valence-corrected chi connectivity index (χ0v) is 19.0. The van der Waals surface area contributed by atoms with Crippen LogP contribution in [-0.4, -0.2) is 43.4 Å². The molecule has 0 aromatic carbocycles. The van der Waals surface area contributed by atoms with Gasteiger partial charge in [-0.25, -0.2) is 19.9 Å². The van der Waals surface area contributed by atoms with Crippen molar-refractivity contribution in [2.24, 2.45) is 0 Å². The van der Waals surface area contributed by atoms with Gasteiger partial charge in [0.15, 0.2) is 0 Å². The number of nitrogens with zero attached hydrogens (tertiary/aromatic N) is 6. The minimum atomic E-state index is 0.177. The first-order valence-corrected chi connectivity index (χ1v) is 10.6. The maximum Gasteiger partial charge on any atom is 0.222 e. The molecule has 0 radical (unpaired) electrons. The van der Waals surface area contributed by atoms with Crippen molar-refractivity contribution in [1.29, 1.82) is 0 Å². The zero-order valence-electron chi connectivity index (χ0n) is 19.0. The number of anilines is 1. The maximum atomic E-state index is 5.75. The predicted molar refractivity (Wildman–Crippen MR) is 123 cm³/mol. The fourth-order valence-electron chi connectivity index (χ4n) is 3.54. The lowest BCUT2D eigenvalue weighted by Gasteiger charge is -2.15. The van der Waals surface area contributed by atoms with Crippen molar-refractivity contribution in [3.05, 3.63) is 48.2 Å². The second-order valence-corrected chi connectivity index (χ2v) is 7.57. The molecule has 0 amide bonds. The van der Waals surface area contributed by atoms with Crippen LogP contribution in [0.5, 0.6) is 11.8 Å². The van der Waals surface area contributed by atoms with Gasteiger partial charge in [-0.15, -0.1) is 0 Å². The summed E-state index contributed by atoms with van der Waals surface area (Å²) in [7, 11) is 1.59. The number of hydrogen-bond donors (Lipinski definition) is 1. The van der Waals surface area contributed by atoms with Gasteiger partial charge < -0.3 is 14.8 Å². The minimum Gasteiger partial charge on any atom is -0.481 e.